The molecule has 1 aromatic carbocycles. The zero-order valence-corrected chi connectivity index (χ0v) is 8.71. The van der Waals surface area contributed by atoms with E-state index in [0.717, 1.165) is 10.9 Å². The van der Waals surface area contributed by atoms with Crippen molar-refractivity contribution >= 4 is 28.5 Å². The molecule has 2 rings (SSSR count). The summed E-state index contributed by atoms with van der Waals surface area (Å²) < 4.78 is 0. The fourth-order valence-electron chi connectivity index (χ4n) is 1.40. The monoisotopic (exact) mass is 220 g/mol. The van der Waals surface area contributed by atoms with Crippen LogP contribution in [-0.4, -0.2) is 11.0 Å². The van der Waals surface area contributed by atoms with Crippen LogP contribution in [0.3, 0.4) is 0 Å². The molecule has 3 nitrogen and oxygen atoms in total. The molecule has 0 saturated heterocycles. The van der Waals surface area contributed by atoms with E-state index in [1.807, 2.05) is 19.1 Å². The standard InChI is InChI=1S/C11H8ClNO2/c1-6-2-3-7-5-8(11(14)15)10(12)13-9(7)4-6/h2-5H,1H3,(H,14,15)/p-1. The Hall–Kier alpha value is -1.61. The number of pyridine rings is 1. The van der Waals surface area contributed by atoms with Crippen LogP contribution in [0, 0.1) is 6.92 Å². The fourth-order valence-corrected chi connectivity index (χ4v) is 1.62. The van der Waals surface area contributed by atoms with Crippen molar-refractivity contribution in [2.45, 2.75) is 6.92 Å². The van der Waals surface area contributed by atoms with Gasteiger partial charge in [0.05, 0.1) is 11.5 Å². The summed E-state index contributed by atoms with van der Waals surface area (Å²) in [5.74, 6) is -1.31. The smallest absolute Gasteiger partial charge is 0.138 e. The number of aryl methyl sites for hydroxylation is 1. The molecule has 0 aliphatic rings. The maximum absolute atomic E-state index is 10.7. The van der Waals surface area contributed by atoms with E-state index in [0.29, 0.717) is 5.52 Å². The van der Waals surface area contributed by atoms with Crippen molar-refractivity contribution in [3.8, 4) is 0 Å². The van der Waals surface area contributed by atoms with Gasteiger partial charge in [0.25, 0.3) is 0 Å². The lowest BCUT2D eigenvalue weighted by atomic mass is 10.1. The Kier molecular flexibility index (Phi) is 2.32. The minimum absolute atomic E-state index is 0.0342. The molecule has 0 amide bonds. The predicted octanol–water partition coefficient (Wildman–Crippen LogP) is 1.56. The SMILES string of the molecule is Cc1ccc2cc(C(=O)[O-])c(Cl)nc2c1. The van der Waals surface area contributed by atoms with E-state index < -0.39 is 5.97 Å². The van der Waals surface area contributed by atoms with Crippen LogP contribution in [0.1, 0.15) is 15.9 Å². The van der Waals surface area contributed by atoms with Crippen LogP contribution in [0.5, 0.6) is 0 Å². The largest absolute Gasteiger partial charge is 0.545 e. The first-order valence-corrected chi connectivity index (χ1v) is 4.74. The molecule has 0 fully saturated rings. The van der Waals surface area contributed by atoms with Gasteiger partial charge in [0.2, 0.25) is 0 Å². The Labute approximate surface area is 91.3 Å². The second-order valence-electron chi connectivity index (χ2n) is 3.31. The number of carbonyl (C=O) groups is 1. The molecule has 0 atom stereocenters. The summed E-state index contributed by atoms with van der Waals surface area (Å²) in [6.45, 7) is 1.93. The maximum Gasteiger partial charge on any atom is 0.138 e. The highest BCUT2D eigenvalue weighted by Crippen LogP contribution is 2.20. The van der Waals surface area contributed by atoms with Gasteiger partial charge in [0.15, 0.2) is 0 Å². The molecule has 15 heavy (non-hydrogen) atoms. The molecular formula is C11H7ClNO2-. The van der Waals surface area contributed by atoms with Crippen molar-refractivity contribution < 1.29 is 9.90 Å². The molecule has 1 aromatic heterocycles. The summed E-state index contributed by atoms with van der Waals surface area (Å²) >= 11 is 5.72. The topological polar surface area (TPSA) is 53.0 Å². The van der Waals surface area contributed by atoms with Gasteiger partial charge in [-0.25, -0.2) is 4.98 Å². The second kappa shape index (κ2) is 3.51. The summed E-state index contributed by atoms with van der Waals surface area (Å²) in [4.78, 5) is 14.7. The van der Waals surface area contributed by atoms with Gasteiger partial charge in [0.1, 0.15) is 5.15 Å². The van der Waals surface area contributed by atoms with Gasteiger partial charge in [-0.15, -0.1) is 0 Å². The van der Waals surface area contributed by atoms with Gasteiger partial charge in [-0.3, -0.25) is 0 Å². The number of fused-ring (bicyclic) bond motifs is 1. The Morgan fingerprint density at radius 2 is 2.13 bits per heavy atom. The van der Waals surface area contributed by atoms with Gasteiger partial charge in [-0.05, 0) is 24.6 Å². The quantitative estimate of drug-likeness (QED) is 0.686. The first-order chi connectivity index (χ1) is 7.08. The number of rotatable bonds is 1. The van der Waals surface area contributed by atoms with Crippen LogP contribution in [0.2, 0.25) is 5.15 Å². The Bertz CT molecular complexity index is 552. The lowest BCUT2D eigenvalue weighted by molar-refractivity contribution is -0.255. The summed E-state index contributed by atoms with van der Waals surface area (Å²) in [5.41, 5.74) is 1.66. The molecule has 0 radical (unpaired) electrons. The number of benzene rings is 1. The molecule has 0 spiro atoms. The van der Waals surface area contributed by atoms with Crippen molar-refractivity contribution in [3.05, 3.63) is 40.5 Å². The van der Waals surface area contributed by atoms with Crippen molar-refractivity contribution in [3.63, 3.8) is 0 Å². The van der Waals surface area contributed by atoms with Crippen LogP contribution in [0.4, 0.5) is 0 Å². The number of carboxylic acid groups (broad SMARTS) is 1. The highest BCUT2D eigenvalue weighted by atomic mass is 35.5. The van der Waals surface area contributed by atoms with E-state index in [1.165, 1.54) is 6.07 Å². The average molecular weight is 221 g/mol. The highest BCUT2D eigenvalue weighted by Gasteiger charge is 2.05. The van der Waals surface area contributed by atoms with E-state index in [1.54, 1.807) is 6.07 Å². The molecule has 0 N–H and O–H groups in total. The molecule has 0 unspecified atom stereocenters. The van der Waals surface area contributed by atoms with Crippen LogP contribution < -0.4 is 5.11 Å². The third-order valence-electron chi connectivity index (χ3n) is 2.15. The van der Waals surface area contributed by atoms with Gasteiger partial charge in [-0.1, -0.05) is 23.7 Å². The Morgan fingerprint density at radius 3 is 2.80 bits per heavy atom. The summed E-state index contributed by atoms with van der Waals surface area (Å²) in [7, 11) is 0. The van der Waals surface area contributed by atoms with Crippen LogP contribution >= 0.6 is 11.6 Å². The number of nitrogens with zero attached hydrogens (tertiary/aromatic N) is 1. The second-order valence-corrected chi connectivity index (χ2v) is 3.67. The van der Waals surface area contributed by atoms with Crippen molar-refractivity contribution in [2.75, 3.05) is 0 Å². The molecule has 0 saturated carbocycles. The van der Waals surface area contributed by atoms with Gasteiger partial charge in [0, 0.05) is 10.9 Å². The Balaban J connectivity index is 2.76. The fraction of sp³-hybridized carbons (Fsp3) is 0.0909. The van der Waals surface area contributed by atoms with Crippen LogP contribution in [0.15, 0.2) is 24.3 Å². The maximum atomic E-state index is 10.7. The van der Waals surface area contributed by atoms with Crippen molar-refractivity contribution in [2.24, 2.45) is 0 Å². The lowest BCUT2D eigenvalue weighted by Gasteiger charge is -2.06. The summed E-state index contributed by atoms with van der Waals surface area (Å²) in [6, 6.07) is 7.01. The van der Waals surface area contributed by atoms with Gasteiger partial charge < -0.3 is 9.90 Å². The van der Waals surface area contributed by atoms with E-state index in [2.05, 4.69) is 4.98 Å². The van der Waals surface area contributed by atoms with E-state index in [4.69, 9.17) is 11.6 Å². The predicted molar refractivity (Wildman–Crippen MR) is 55.8 cm³/mol. The zero-order valence-electron chi connectivity index (χ0n) is 7.95. The number of aromatic carboxylic acids is 1. The molecular weight excluding hydrogens is 214 g/mol. The molecule has 4 heteroatoms. The number of aromatic nitrogens is 1. The van der Waals surface area contributed by atoms with Gasteiger partial charge in [-0.2, -0.15) is 0 Å². The Morgan fingerprint density at radius 1 is 1.40 bits per heavy atom. The number of carboxylic acids is 1. The average Bonchev–Trinajstić information content (AvgIpc) is 2.15. The highest BCUT2D eigenvalue weighted by molar-refractivity contribution is 6.32. The third-order valence-corrected chi connectivity index (χ3v) is 2.43. The van der Waals surface area contributed by atoms with Gasteiger partial charge >= 0.3 is 0 Å². The molecule has 76 valence electrons. The normalized spacial score (nSPS) is 10.5. The molecule has 2 aromatic rings. The zero-order chi connectivity index (χ0) is 11.0. The minimum Gasteiger partial charge on any atom is -0.545 e. The lowest BCUT2D eigenvalue weighted by Crippen LogP contribution is -2.22. The minimum atomic E-state index is -1.31. The van der Waals surface area contributed by atoms with Crippen molar-refractivity contribution in [1.29, 1.82) is 0 Å². The summed E-state index contributed by atoms with van der Waals surface area (Å²) in [5, 5.41) is 11.4. The van der Waals surface area contributed by atoms with E-state index in [-0.39, 0.29) is 10.7 Å². The van der Waals surface area contributed by atoms with Crippen molar-refractivity contribution in [1.82, 2.24) is 4.98 Å². The van der Waals surface area contributed by atoms with E-state index in [9.17, 15) is 9.90 Å². The summed E-state index contributed by atoms with van der Waals surface area (Å²) in [6.07, 6.45) is 0. The first kappa shape index (κ1) is 9.93. The van der Waals surface area contributed by atoms with Crippen LogP contribution in [0.25, 0.3) is 10.9 Å². The molecule has 1 heterocycles. The number of carbonyl (C=O) groups excluding carboxylic acids is 1. The first-order valence-electron chi connectivity index (χ1n) is 4.36. The molecule has 0 bridgehead atoms. The number of hydrogen-bond donors (Lipinski definition) is 0. The molecule has 0 aliphatic heterocycles. The molecule has 0 aliphatic carbocycles. The van der Waals surface area contributed by atoms with Crippen LogP contribution in [-0.2, 0) is 0 Å². The number of halogens is 1. The third kappa shape index (κ3) is 1.78. The van der Waals surface area contributed by atoms with E-state index >= 15 is 0 Å². The number of hydrogen-bond acceptors (Lipinski definition) is 3.